The summed E-state index contributed by atoms with van der Waals surface area (Å²) in [4.78, 5) is 3.91. The van der Waals surface area contributed by atoms with E-state index in [0.29, 0.717) is 66.7 Å². The summed E-state index contributed by atoms with van der Waals surface area (Å²) in [5.41, 5.74) is 6.62. The molecule has 3 nitrogen and oxygen atoms in total. The Kier molecular flexibility index (Phi) is 7.89. The van der Waals surface area contributed by atoms with Gasteiger partial charge in [-0.15, -0.1) is 0 Å². The summed E-state index contributed by atoms with van der Waals surface area (Å²) >= 11 is 0. The van der Waals surface area contributed by atoms with Crippen LogP contribution in [-0.4, -0.2) is 9.13 Å². The highest BCUT2D eigenvalue weighted by Gasteiger charge is 2.32. The first-order valence-electron chi connectivity index (χ1n) is 17.8. The lowest BCUT2D eigenvalue weighted by molar-refractivity contribution is -0.138. The highest BCUT2D eigenvalue weighted by Crippen LogP contribution is 2.44. The quantitative estimate of drug-likeness (QED) is 0.126. The van der Waals surface area contributed by atoms with Gasteiger partial charge in [-0.25, -0.2) is 4.85 Å². The molecule has 9 rings (SSSR count). The van der Waals surface area contributed by atoms with Crippen LogP contribution in [0.1, 0.15) is 22.3 Å². The molecule has 0 atom stereocenters. The lowest BCUT2D eigenvalue weighted by Crippen LogP contribution is -2.05. The van der Waals surface area contributed by atoms with Gasteiger partial charge in [-0.05, 0) is 121 Å². The maximum absolute atomic E-state index is 14.1. The van der Waals surface area contributed by atoms with Crippen molar-refractivity contribution in [3.8, 4) is 33.6 Å². The maximum atomic E-state index is 14.1. The van der Waals surface area contributed by atoms with Crippen molar-refractivity contribution in [1.82, 2.24) is 9.13 Å². The Hall–Kier alpha value is -6.79. The third-order valence-corrected chi connectivity index (χ3v) is 10.5. The number of alkyl halides is 6. The highest BCUT2D eigenvalue weighted by atomic mass is 19.4. The Morgan fingerprint density at radius 2 is 1.09 bits per heavy atom. The summed E-state index contributed by atoms with van der Waals surface area (Å²) in [6.07, 6.45) is -9.09. The Balaban J connectivity index is 1.36. The van der Waals surface area contributed by atoms with Crippen molar-refractivity contribution in [2.24, 2.45) is 0 Å². The van der Waals surface area contributed by atoms with Crippen LogP contribution in [0.2, 0.25) is 0 Å². The zero-order valence-electron chi connectivity index (χ0n) is 29.9. The van der Waals surface area contributed by atoms with Crippen LogP contribution in [0.4, 0.5) is 32.0 Å². The summed E-state index contributed by atoms with van der Waals surface area (Å²) in [5, 5.41) is 3.09. The average molecular weight is 750 g/mol. The Morgan fingerprint density at radius 1 is 0.464 bits per heavy atom. The predicted molar refractivity (Wildman–Crippen MR) is 212 cm³/mol. The maximum Gasteiger partial charge on any atom is 0.416 e. The number of hydrogen-bond acceptors (Lipinski definition) is 0. The molecule has 0 saturated heterocycles. The van der Waals surface area contributed by atoms with Crippen molar-refractivity contribution in [3.05, 3.63) is 173 Å². The van der Waals surface area contributed by atoms with Crippen molar-refractivity contribution < 1.29 is 26.3 Å². The Morgan fingerprint density at radius 3 is 1.79 bits per heavy atom. The number of halogens is 6. The molecule has 0 fully saturated rings. The molecule has 9 heteroatoms. The van der Waals surface area contributed by atoms with Crippen molar-refractivity contribution in [1.29, 1.82) is 0 Å². The first kappa shape index (κ1) is 34.9. The summed E-state index contributed by atoms with van der Waals surface area (Å²) in [6, 6.07) is 39.8. The lowest BCUT2D eigenvalue weighted by Gasteiger charge is -2.19. The topological polar surface area (TPSA) is 14.2 Å². The van der Waals surface area contributed by atoms with E-state index < -0.39 is 23.5 Å². The molecule has 0 amide bonds. The number of rotatable bonds is 4. The lowest BCUT2D eigenvalue weighted by atomic mass is 9.94. The van der Waals surface area contributed by atoms with E-state index in [-0.39, 0.29) is 0 Å². The zero-order chi connectivity index (χ0) is 39.1. The molecule has 0 saturated carbocycles. The van der Waals surface area contributed by atoms with Gasteiger partial charge in [0, 0.05) is 27.2 Å². The fourth-order valence-electron chi connectivity index (χ4n) is 7.99. The van der Waals surface area contributed by atoms with Gasteiger partial charge in [0.15, 0.2) is 5.69 Å². The second kappa shape index (κ2) is 12.6. The van der Waals surface area contributed by atoms with Gasteiger partial charge in [0.25, 0.3) is 0 Å². The molecule has 56 heavy (non-hydrogen) atoms. The van der Waals surface area contributed by atoms with E-state index in [9.17, 15) is 26.3 Å². The minimum Gasteiger partial charge on any atom is -0.309 e. The number of fused-ring (bicyclic) bond motifs is 6. The third kappa shape index (κ3) is 5.68. The summed E-state index contributed by atoms with van der Waals surface area (Å²) in [6.45, 7) is 11.9. The average Bonchev–Trinajstić information content (AvgIpc) is 3.68. The molecule has 0 aliphatic carbocycles. The van der Waals surface area contributed by atoms with Crippen LogP contribution in [0.15, 0.2) is 140 Å². The molecule has 9 aromatic rings. The van der Waals surface area contributed by atoms with Crippen molar-refractivity contribution in [2.45, 2.75) is 26.2 Å². The molecule has 0 unspecified atom stereocenters. The number of aromatic nitrogens is 2. The monoisotopic (exact) mass is 749 g/mol. The van der Waals surface area contributed by atoms with E-state index in [2.05, 4.69) is 15.5 Å². The number of hydrogen-bond donors (Lipinski definition) is 0. The number of nitrogens with zero attached hydrogens (tertiary/aromatic N) is 3. The Labute approximate surface area is 317 Å². The van der Waals surface area contributed by atoms with Crippen LogP contribution in [0.3, 0.4) is 0 Å². The van der Waals surface area contributed by atoms with E-state index in [1.54, 1.807) is 43.3 Å². The molecule has 2 aromatic heterocycles. The predicted octanol–water partition coefficient (Wildman–Crippen LogP) is 14.4. The van der Waals surface area contributed by atoms with Gasteiger partial charge >= 0.3 is 12.4 Å². The molecule has 2 heterocycles. The molecule has 0 radical (unpaired) electrons. The molecule has 0 spiro atoms. The van der Waals surface area contributed by atoms with Crippen LogP contribution >= 0.6 is 0 Å². The molecule has 0 N–H and O–H groups in total. The SMILES string of the molecule is [C-]#[N+]c1ccc(-n2c3ccccc3c3cc(C(F)(F)F)ccc32)cc1-c1cc(-c2cc(C)cc(C(F)(F)F)c2)ccc1-n1c2ccccc2c2cc(C)ccc21. The third-order valence-electron chi connectivity index (χ3n) is 10.5. The number of para-hydroxylation sites is 2. The van der Waals surface area contributed by atoms with Crippen molar-refractivity contribution in [2.75, 3.05) is 0 Å². The molecule has 0 aliphatic rings. The summed E-state index contributed by atoms with van der Waals surface area (Å²) < 4.78 is 87.9. The fraction of sp³-hybridized carbons (Fsp3) is 0.0851. The van der Waals surface area contributed by atoms with E-state index >= 15 is 0 Å². The standard InChI is InChI=1S/C47H29F6N3/c1-27-12-17-44-37(22-27)34-8-5-7-11-42(34)56(44)45-18-13-29(30-20-28(2)21-32(23-30)47(51,52)53)24-38(45)36-26-33(15-16-40(36)54-3)55-41-10-6-4-9-35(41)39-25-31(46(48,49)50)14-19-43(39)55/h4-26H,1-2H3. The normalized spacial score (nSPS) is 12.3. The number of benzene rings is 7. The minimum absolute atomic E-state index is 0.295. The molecule has 7 aromatic carbocycles. The van der Waals surface area contributed by atoms with Crippen LogP contribution in [0, 0.1) is 20.4 Å². The summed E-state index contributed by atoms with van der Waals surface area (Å²) in [5.74, 6) is 0. The van der Waals surface area contributed by atoms with Crippen LogP contribution in [0.5, 0.6) is 0 Å². The van der Waals surface area contributed by atoms with Gasteiger partial charge < -0.3 is 9.13 Å². The van der Waals surface area contributed by atoms with Gasteiger partial charge in [-0.1, -0.05) is 66.2 Å². The van der Waals surface area contributed by atoms with Crippen LogP contribution in [-0.2, 0) is 12.4 Å². The molecular formula is C47H29F6N3. The highest BCUT2D eigenvalue weighted by molar-refractivity contribution is 6.11. The molecule has 0 bridgehead atoms. The van der Waals surface area contributed by atoms with E-state index in [1.165, 1.54) is 6.07 Å². The fourth-order valence-corrected chi connectivity index (χ4v) is 7.99. The van der Waals surface area contributed by atoms with Crippen LogP contribution < -0.4 is 0 Å². The summed E-state index contributed by atoms with van der Waals surface area (Å²) in [7, 11) is 0. The molecular weight excluding hydrogens is 721 g/mol. The Bertz CT molecular complexity index is 3100. The first-order valence-corrected chi connectivity index (χ1v) is 17.8. The molecule has 0 aliphatic heterocycles. The van der Waals surface area contributed by atoms with E-state index in [4.69, 9.17) is 6.57 Å². The zero-order valence-corrected chi connectivity index (χ0v) is 29.9. The second-order valence-corrected chi connectivity index (χ2v) is 14.1. The van der Waals surface area contributed by atoms with Gasteiger partial charge in [0.1, 0.15) is 0 Å². The molecule has 274 valence electrons. The van der Waals surface area contributed by atoms with Crippen molar-refractivity contribution in [3.63, 3.8) is 0 Å². The smallest absolute Gasteiger partial charge is 0.309 e. The van der Waals surface area contributed by atoms with Gasteiger partial charge in [0.2, 0.25) is 0 Å². The van der Waals surface area contributed by atoms with Gasteiger partial charge in [0.05, 0.1) is 45.5 Å². The van der Waals surface area contributed by atoms with Crippen LogP contribution in [0.25, 0.3) is 82.1 Å². The largest absolute Gasteiger partial charge is 0.416 e. The number of aryl methyl sites for hydroxylation is 2. The van der Waals surface area contributed by atoms with E-state index in [1.807, 2.05) is 78.2 Å². The van der Waals surface area contributed by atoms with Gasteiger partial charge in [-0.2, -0.15) is 26.3 Å². The van der Waals surface area contributed by atoms with Crippen molar-refractivity contribution >= 4 is 49.3 Å². The first-order chi connectivity index (χ1) is 26.8. The minimum atomic E-state index is -4.56. The second-order valence-electron chi connectivity index (χ2n) is 14.1. The van der Waals surface area contributed by atoms with Gasteiger partial charge in [-0.3, -0.25) is 0 Å². The van der Waals surface area contributed by atoms with E-state index in [0.717, 1.165) is 51.6 Å².